The molecule has 2 heterocycles. The van der Waals surface area contributed by atoms with Crippen molar-refractivity contribution in [2.45, 2.75) is 26.2 Å². The van der Waals surface area contributed by atoms with Crippen LogP contribution >= 0.6 is 15.9 Å². The highest BCUT2D eigenvalue weighted by Gasteiger charge is 2.28. The van der Waals surface area contributed by atoms with Gasteiger partial charge in [0.05, 0.1) is 11.2 Å². The van der Waals surface area contributed by atoms with Crippen LogP contribution < -0.4 is 16.3 Å². The van der Waals surface area contributed by atoms with E-state index in [9.17, 15) is 14.4 Å². The Kier molecular flexibility index (Phi) is 6.82. The van der Waals surface area contributed by atoms with Gasteiger partial charge in [0.25, 0.3) is 11.8 Å². The monoisotopic (exact) mass is 559 g/mol. The number of benzene rings is 2. The highest BCUT2D eigenvalue weighted by atomic mass is 79.9. The molecule has 4 aromatic rings. The molecule has 0 spiro atoms. The summed E-state index contributed by atoms with van der Waals surface area (Å²) in [4.78, 5) is 42.2. The quantitative estimate of drug-likeness (QED) is 0.318. The fourth-order valence-electron chi connectivity index (χ4n) is 4.21. The third-order valence-electron chi connectivity index (χ3n) is 6.05. The van der Waals surface area contributed by atoms with Gasteiger partial charge >= 0.3 is 5.91 Å². The Morgan fingerprint density at radius 1 is 0.919 bits per heavy atom. The first-order chi connectivity index (χ1) is 17.9. The number of hydrogen-bond acceptors (Lipinski definition) is 6. The Balaban J connectivity index is 1.30. The fraction of sp³-hybridized carbons (Fsp3) is 0.148. The maximum absolute atomic E-state index is 12.8. The van der Waals surface area contributed by atoms with E-state index in [0.717, 1.165) is 21.8 Å². The molecule has 3 N–H and O–H groups in total. The topological polar surface area (TPSA) is 126 Å². The molecule has 186 valence electrons. The molecule has 0 bridgehead atoms. The molecule has 0 saturated heterocycles. The number of halogens is 1. The predicted molar refractivity (Wildman–Crippen MR) is 141 cm³/mol. The molecule has 2 aromatic carbocycles. The molecule has 2 aromatic heterocycles. The summed E-state index contributed by atoms with van der Waals surface area (Å²) in [6.07, 6.45) is 2.00. The van der Waals surface area contributed by atoms with Gasteiger partial charge < -0.3 is 4.42 Å². The number of nitrogens with zero attached hydrogens (tertiary/aromatic N) is 2. The molecule has 0 saturated carbocycles. The standard InChI is InChI=1S/C27H22BrN5O4/c1-15-23-20(30-32-26(35)21-14-11-16-5-2-3-6-19(16)29-21)7-4-8-22(23)37-24(15)27(36)33-31-25(34)17-9-12-18(28)13-10-17/h2-3,5-6,9-14H,4,7-8H2,1H3,(H,31,34)(H,32,35)(H,33,36)/b30-20+. The van der Waals surface area contributed by atoms with Crippen molar-refractivity contribution in [1.82, 2.24) is 21.3 Å². The second-order valence-corrected chi connectivity index (χ2v) is 9.43. The molecule has 3 amide bonds. The Bertz CT molecular complexity index is 1560. The molecule has 9 nitrogen and oxygen atoms in total. The fourth-order valence-corrected chi connectivity index (χ4v) is 4.47. The molecule has 0 fully saturated rings. The number of furan rings is 1. The molecule has 1 aliphatic carbocycles. The summed E-state index contributed by atoms with van der Waals surface area (Å²) in [5, 5.41) is 5.29. The Morgan fingerprint density at radius 2 is 1.68 bits per heavy atom. The van der Waals surface area contributed by atoms with Crippen molar-refractivity contribution in [3.05, 3.63) is 99.0 Å². The number of nitrogens with one attached hydrogen (secondary N) is 3. The number of fused-ring (bicyclic) bond motifs is 2. The SMILES string of the molecule is Cc1c(C(=O)NNC(=O)c2ccc(Br)cc2)oc2c1/C(=N/NC(=O)c1ccc3ccccc3n1)CCC2. The van der Waals surface area contributed by atoms with Gasteiger partial charge in [0.1, 0.15) is 11.5 Å². The van der Waals surface area contributed by atoms with Gasteiger partial charge in [-0.3, -0.25) is 25.2 Å². The number of pyridine rings is 1. The summed E-state index contributed by atoms with van der Waals surface area (Å²) in [6.45, 7) is 1.75. The molecule has 37 heavy (non-hydrogen) atoms. The summed E-state index contributed by atoms with van der Waals surface area (Å²) >= 11 is 3.32. The van der Waals surface area contributed by atoms with Crippen LogP contribution in [0.3, 0.4) is 0 Å². The van der Waals surface area contributed by atoms with E-state index in [4.69, 9.17) is 4.42 Å². The number of carbonyl (C=O) groups excluding carboxylic acids is 3. The molecule has 1 aliphatic rings. The summed E-state index contributed by atoms with van der Waals surface area (Å²) in [5.74, 6) is -0.772. The molecule has 0 radical (unpaired) electrons. The lowest BCUT2D eigenvalue weighted by molar-refractivity contribution is 0.0829. The van der Waals surface area contributed by atoms with Crippen LogP contribution in [0.25, 0.3) is 10.9 Å². The number of hydrazone groups is 1. The Hall–Kier alpha value is -4.31. The van der Waals surface area contributed by atoms with Crippen LogP contribution in [-0.2, 0) is 6.42 Å². The largest absolute Gasteiger partial charge is 0.455 e. The summed E-state index contributed by atoms with van der Waals surface area (Å²) in [5.41, 5.74) is 10.7. The number of para-hydroxylation sites is 1. The van der Waals surface area contributed by atoms with E-state index in [-0.39, 0.29) is 11.5 Å². The average Bonchev–Trinajstić information content (AvgIpc) is 3.27. The van der Waals surface area contributed by atoms with Gasteiger partial charge in [-0.15, -0.1) is 0 Å². The van der Waals surface area contributed by atoms with Crippen molar-refractivity contribution in [2.75, 3.05) is 0 Å². The van der Waals surface area contributed by atoms with E-state index in [1.807, 2.05) is 30.3 Å². The van der Waals surface area contributed by atoms with Crippen LogP contribution in [0, 0.1) is 6.92 Å². The zero-order valence-electron chi connectivity index (χ0n) is 19.8. The molecule has 0 aliphatic heterocycles. The molecule has 0 atom stereocenters. The third kappa shape index (κ3) is 5.14. The van der Waals surface area contributed by atoms with Crippen molar-refractivity contribution < 1.29 is 18.8 Å². The van der Waals surface area contributed by atoms with Gasteiger partial charge in [-0.05, 0) is 56.2 Å². The van der Waals surface area contributed by atoms with E-state index in [0.29, 0.717) is 41.0 Å². The zero-order chi connectivity index (χ0) is 25.9. The van der Waals surface area contributed by atoms with E-state index in [1.165, 1.54) is 0 Å². The molecule has 0 unspecified atom stereocenters. The lowest BCUT2D eigenvalue weighted by Crippen LogP contribution is -2.41. The van der Waals surface area contributed by atoms with E-state index in [2.05, 4.69) is 42.3 Å². The van der Waals surface area contributed by atoms with Gasteiger partial charge in [-0.25, -0.2) is 10.4 Å². The summed E-state index contributed by atoms with van der Waals surface area (Å²) in [7, 11) is 0. The number of hydrazine groups is 1. The first-order valence-corrected chi connectivity index (χ1v) is 12.4. The minimum Gasteiger partial charge on any atom is -0.455 e. The number of rotatable bonds is 4. The highest BCUT2D eigenvalue weighted by Crippen LogP contribution is 2.29. The van der Waals surface area contributed by atoms with E-state index < -0.39 is 17.7 Å². The molecular weight excluding hydrogens is 538 g/mol. The van der Waals surface area contributed by atoms with Gasteiger partial charge in [0.15, 0.2) is 5.76 Å². The number of aromatic nitrogens is 1. The van der Waals surface area contributed by atoms with Gasteiger partial charge in [-0.1, -0.05) is 40.2 Å². The van der Waals surface area contributed by atoms with Crippen LogP contribution in [0.1, 0.15) is 61.1 Å². The average molecular weight is 560 g/mol. The summed E-state index contributed by atoms with van der Waals surface area (Å²) in [6, 6.07) is 17.8. The first-order valence-electron chi connectivity index (χ1n) is 11.6. The van der Waals surface area contributed by atoms with Gasteiger partial charge in [0, 0.05) is 33.0 Å². The Morgan fingerprint density at radius 3 is 2.49 bits per heavy atom. The van der Waals surface area contributed by atoms with Crippen molar-refractivity contribution in [3.63, 3.8) is 0 Å². The highest BCUT2D eigenvalue weighted by molar-refractivity contribution is 9.10. The molecule has 5 rings (SSSR count). The second-order valence-electron chi connectivity index (χ2n) is 8.51. The lowest BCUT2D eigenvalue weighted by atomic mass is 9.93. The third-order valence-corrected chi connectivity index (χ3v) is 6.58. The lowest BCUT2D eigenvalue weighted by Gasteiger charge is -2.13. The van der Waals surface area contributed by atoms with Crippen LogP contribution in [0.15, 0.2) is 74.7 Å². The number of aryl methyl sites for hydroxylation is 1. The Labute approximate surface area is 220 Å². The second kappa shape index (κ2) is 10.4. The van der Waals surface area contributed by atoms with Crippen LogP contribution in [0.2, 0.25) is 0 Å². The van der Waals surface area contributed by atoms with Crippen molar-refractivity contribution >= 4 is 50.3 Å². The van der Waals surface area contributed by atoms with Gasteiger partial charge in [0.2, 0.25) is 0 Å². The normalized spacial score (nSPS) is 13.7. The van der Waals surface area contributed by atoms with Crippen molar-refractivity contribution in [3.8, 4) is 0 Å². The van der Waals surface area contributed by atoms with Crippen molar-refractivity contribution in [2.24, 2.45) is 5.10 Å². The molecular formula is C27H22BrN5O4. The van der Waals surface area contributed by atoms with Gasteiger partial charge in [-0.2, -0.15) is 5.10 Å². The van der Waals surface area contributed by atoms with Crippen LogP contribution in [-0.4, -0.2) is 28.4 Å². The van der Waals surface area contributed by atoms with Crippen LogP contribution in [0.5, 0.6) is 0 Å². The molecule has 10 heteroatoms. The van der Waals surface area contributed by atoms with E-state index >= 15 is 0 Å². The number of amides is 3. The number of carbonyl (C=O) groups is 3. The van der Waals surface area contributed by atoms with Crippen molar-refractivity contribution in [1.29, 1.82) is 0 Å². The number of hydrogen-bond donors (Lipinski definition) is 3. The minimum absolute atomic E-state index is 0.0817. The minimum atomic E-state index is -0.582. The maximum atomic E-state index is 12.8. The maximum Gasteiger partial charge on any atom is 0.305 e. The summed E-state index contributed by atoms with van der Waals surface area (Å²) < 4.78 is 6.69. The van der Waals surface area contributed by atoms with Crippen LogP contribution in [0.4, 0.5) is 0 Å². The predicted octanol–water partition coefficient (Wildman–Crippen LogP) is 4.44. The first kappa shape index (κ1) is 24.4. The smallest absolute Gasteiger partial charge is 0.305 e. The zero-order valence-corrected chi connectivity index (χ0v) is 21.4. The van der Waals surface area contributed by atoms with E-state index in [1.54, 1.807) is 37.3 Å².